The monoisotopic (exact) mass is 416 g/mol. The lowest BCUT2D eigenvalue weighted by atomic mass is 9.71. The average molecular weight is 417 g/mol. The quantitative estimate of drug-likeness (QED) is 0.743. The number of ketones is 1. The molecule has 2 aromatic rings. The number of aryl methyl sites for hydroxylation is 1. The summed E-state index contributed by atoms with van der Waals surface area (Å²) in [5, 5.41) is 15.3. The normalized spacial score (nSPS) is 21.1. The van der Waals surface area contributed by atoms with Crippen molar-refractivity contribution in [1.29, 1.82) is 0 Å². The van der Waals surface area contributed by atoms with Crippen molar-refractivity contribution in [3.63, 3.8) is 0 Å². The molecule has 5 nitrogen and oxygen atoms in total. The van der Waals surface area contributed by atoms with Crippen LogP contribution < -0.4 is 10.4 Å². The number of aromatic carboxylic acids is 1. The van der Waals surface area contributed by atoms with Gasteiger partial charge in [0.15, 0.2) is 0 Å². The number of allylic oxidation sites excluding steroid dienone is 2. The van der Waals surface area contributed by atoms with Crippen LogP contribution >= 0.6 is 0 Å². The van der Waals surface area contributed by atoms with Crippen LogP contribution in [0.3, 0.4) is 0 Å². The number of carboxylic acids is 1. The van der Waals surface area contributed by atoms with E-state index in [-0.39, 0.29) is 17.4 Å². The fraction of sp³-hybridized carbons (Fsp3) is 0.346. The van der Waals surface area contributed by atoms with Crippen molar-refractivity contribution in [2.24, 2.45) is 10.9 Å². The third kappa shape index (κ3) is 3.80. The van der Waals surface area contributed by atoms with Crippen molar-refractivity contribution in [3.05, 3.63) is 70.3 Å². The van der Waals surface area contributed by atoms with E-state index in [1.165, 1.54) is 0 Å². The Kier molecular flexibility index (Phi) is 5.77. The molecule has 160 valence electrons. The number of carbonyl (C=O) groups is 1. The van der Waals surface area contributed by atoms with Gasteiger partial charge in [-0.2, -0.15) is 0 Å². The largest absolute Gasteiger partial charge is 0.545 e. The summed E-state index contributed by atoms with van der Waals surface area (Å²) in [6.07, 6.45) is 2.81. The van der Waals surface area contributed by atoms with E-state index < -0.39 is 5.97 Å². The van der Waals surface area contributed by atoms with Crippen molar-refractivity contribution in [3.8, 4) is 5.75 Å². The van der Waals surface area contributed by atoms with E-state index in [2.05, 4.69) is 43.2 Å². The van der Waals surface area contributed by atoms with Gasteiger partial charge in [-0.25, -0.2) is 4.42 Å². The van der Waals surface area contributed by atoms with E-state index in [9.17, 15) is 9.90 Å². The second-order valence-electron chi connectivity index (χ2n) is 8.13. The van der Waals surface area contributed by atoms with Crippen LogP contribution in [0.25, 0.3) is 0 Å². The molecule has 1 N–H and O–H groups in total. The van der Waals surface area contributed by atoms with Gasteiger partial charge in [-0.3, -0.25) is 4.99 Å². The number of nitrogens with one attached hydrogen (secondary N) is 1. The first-order valence-electron chi connectivity index (χ1n) is 10.9. The molecule has 2 aliphatic rings. The number of nitrogens with zero attached hydrogens (tertiary/aromatic N) is 1. The summed E-state index contributed by atoms with van der Waals surface area (Å²) in [6.45, 7) is 9.75. The molecule has 0 aromatic heterocycles. The van der Waals surface area contributed by atoms with Crippen LogP contribution in [-0.2, 0) is 4.42 Å². The lowest BCUT2D eigenvalue weighted by Crippen LogP contribution is -2.34. The SMILES string of the molecule is CCN=C1CC2=[O+]c3cc(NCC)c(C)cc3[C@@H](c3ccccc3C(=O)[O-])[C@H]2C=C1C. The second-order valence-corrected chi connectivity index (χ2v) is 8.13. The molecule has 1 heterocycles. The molecular weight excluding hydrogens is 388 g/mol. The molecule has 0 saturated carbocycles. The standard InChI is InChI=1S/C26H28N2O3/c1-5-27-21-13-23-19(11-15(21)3)25(17-9-7-8-10-18(17)26(29)30)20-12-16(4)22(28-6-2)14-24(20)31-23/h7-13,20,25,27H,5-6,14H2,1-4H3/t20-,25+/m0/s1. The fourth-order valence-electron chi connectivity index (χ4n) is 4.71. The number of carbonyl (C=O) groups excluding carboxylic acids is 2. The molecule has 1 aliphatic carbocycles. The Bertz CT molecular complexity index is 1130. The molecule has 0 bridgehead atoms. The zero-order chi connectivity index (χ0) is 22.1. The van der Waals surface area contributed by atoms with Gasteiger partial charge in [-0.15, -0.1) is 0 Å². The number of rotatable bonds is 5. The van der Waals surface area contributed by atoms with E-state index in [0.29, 0.717) is 6.42 Å². The van der Waals surface area contributed by atoms with Crippen LogP contribution in [0.2, 0.25) is 0 Å². The Morgan fingerprint density at radius 2 is 1.97 bits per heavy atom. The van der Waals surface area contributed by atoms with E-state index in [4.69, 9.17) is 4.42 Å². The van der Waals surface area contributed by atoms with Crippen LogP contribution in [-0.4, -0.2) is 30.6 Å². The Morgan fingerprint density at radius 3 is 2.68 bits per heavy atom. The zero-order valence-corrected chi connectivity index (χ0v) is 18.5. The molecule has 0 amide bonds. The average Bonchev–Trinajstić information content (AvgIpc) is 2.74. The fourth-order valence-corrected chi connectivity index (χ4v) is 4.71. The minimum Gasteiger partial charge on any atom is -0.545 e. The molecule has 0 radical (unpaired) electrons. The van der Waals surface area contributed by atoms with Crippen molar-refractivity contribution in [1.82, 2.24) is 0 Å². The van der Waals surface area contributed by atoms with E-state index in [0.717, 1.165) is 58.3 Å². The maximum Gasteiger partial charge on any atom is 0.358 e. The summed E-state index contributed by atoms with van der Waals surface area (Å²) >= 11 is 0. The molecule has 2 atom stereocenters. The third-order valence-electron chi connectivity index (χ3n) is 6.12. The van der Waals surface area contributed by atoms with E-state index in [1.54, 1.807) is 12.1 Å². The molecule has 0 unspecified atom stereocenters. The van der Waals surface area contributed by atoms with Crippen molar-refractivity contribution < 1.29 is 14.3 Å². The second kappa shape index (κ2) is 8.50. The van der Waals surface area contributed by atoms with Crippen LogP contribution in [0.4, 0.5) is 5.69 Å². The molecule has 2 aromatic carbocycles. The van der Waals surface area contributed by atoms with Crippen LogP contribution in [0.5, 0.6) is 5.75 Å². The van der Waals surface area contributed by atoms with Crippen LogP contribution in [0.15, 0.2) is 53.0 Å². The summed E-state index contributed by atoms with van der Waals surface area (Å²) in [4.78, 5) is 16.6. The van der Waals surface area contributed by atoms with Gasteiger partial charge in [0.05, 0.1) is 23.3 Å². The lowest BCUT2D eigenvalue weighted by molar-refractivity contribution is -0.374. The van der Waals surface area contributed by atoms with Gasteiger partial charge in [0.1, 0.15) is 12.3 Å². The summed E-state index contributed by atoms with van der Waals surface area (Å²) < 4.78 is 6.44. The molecule has 31 heavy (non-hydrogen) atoms. The van der Waals surface area contributed by atoms with Crippen LogP contribution in [0.1, 0.15) is 60.2 Å². The number of anilines is 1. The van der Waals surface area contributed by atoms with Crippen molar-refractivity contribution in [2.45, 2.75) is 40.0 Å². The highest BCUT2D eigenvalue weighted by Gasteiger charge is 2.45. The number of benzene rings is 2. The van der Waals surface area contributed by atoms with Crippen molar-refractivity contribution in [2.75, 3.05) is 18.4 Å². The van der Waals surface area contributed by atoms with Gasteiger partial charge in [-0.05, 0) is 50.5 Å². The van der Waals surface area contributed by atoms with Gasteiger partial charge < -0.3 is 15.2 Å². The maximum atomic E-state index is 12.0. The molecular formula is C26H28N2O3. The summed E-state index contributed by atoms with van der Waals surface area (Å²) in [5.74, 6) is 0.300. The van der Waals surface area contributed by atoms with Crippen LogP contribution in [0, 0.1) is 12.8 Å². The third-order valence-corrected chi connectivity index (χ3v) is 6.12. The molecule has 5 heteroatoms. The molecule has 0 spiro atoms. The first-order valence-corrected chi connectivity index (χ1v) is 10.9. The number of carboxylic acid groups (broad SMARTS) is 1. The minimum atomic E-state index is -1.16. The van der Waals surface area contributed by atoms with Gasteiger partial charge in [0.2, 0.25) is 0 Å². The minimum absolute atomic E-state index is 0.0619. The summed E-state index contributed by atoms with van der Waals surface area (Å²) in [7, 11) is 0. The molecule has 0 fully saturated rings. The molecule has 1 aliphatic heterocycles. The number of hydrogen-bond donors (Lipinski definition) is 1. The lowest BCUT2D eigenvalue weighted by Gasteiger charge is -2.30. The van der Waals surface area contributed by atoms with E-state index >= 15 is 0 Å². The smallest absolute Gasteiger partial charge is 0.358 e. The maximum absolute atomic E-state index is 12.0. The Balaban J connectivity index is 1.97. The number of fused-ring (bicyclic) bond motifs is 2. The topological polar surface area (TPSA) is 75.8 Å². The Hall–Kier alpha value is -3.21. The van der Waals surface area contributed by atoms with Gasteiger partial charge in [0.25, 0.3) is 0 Å². The zero-order valence-electron chi connectivity index (χ0n) is 18.5. The highest BCUT2D eigenvalue weighted by Crippen LogP contribution is 2.47. The highest BCUT2D eigenvalue weighted by molar-refractivity contribution is 6.15. The van der Waals surface area contributed by atoms with Gasteiger partial charge >= 0.3 is 11.5 Å². The summed E-state index contributed by atoms with van der Waals surface area (Å²) in [6, 6.07) is 11.3. The predicted molar refractivity (Wildman–Crippen MR) is 122 cm³/mol. The predicted octanol–water partition coefficient (Wildman–Crippen LogP) is 4.18. The molecule has 0 saturated heterocycles. The Labute approximate surface area is 183 Å². The van der Waals surface area contributed by atoms with Crippen molar-refractivity contribution >= 4 is 23.2 Å². The summed E-state index contributed by atoms with van der Waals surface area (Å²) in [5.41, 5.74) is 6.27. The van der Waals surface area contributed by atoms with Gasteiger partial charge in [0, 0.05) is 30.3 Å². The van der Waals surface area contributed by atoms with Gasteiger partial charge in [-0.1, -0.05) is 30.3 Å². The molecule has 4 rings (SSSR count). The first-order chi connectivity index (χ1) is 14.9. The first kappa shape index (κ1) is 21.0. The number of hydrogen-bond acceptors (Lipinski definition) is 4. The highest BCUT2D eigenvalue weighted by atomic mass is 16.4. The Morgan fingerprint density at radius 1 is 1.19 bits per heavy atom. The van der Waals surface area contributed by atoms with E-state index in [1.807, 2.05) is 25.1 Å². The number of aliphatic imine (C=N–C) groups is 1.